The Labute approximate surface area is 113 Å². The summed E-state index contributed by atoms with van der Waals surface area (Å²) in [4.78, 5) is 0. The number of benzene rings is 1. The Morgan fingerprint density at radius 1 is 1.18 bits per heavy atom. The van der Waals surface area contributed by atoms with E-state index in [0.717, 1.165) is 31.9 Å². The largest absolute Gasteiger partial charge is 0.494 e. The summed E-state index contributed by atoms with van der Waals surface area (Å²) in [7, 11) is 0. The van der Waals surface area contributed by atoms with Gasteiger partial charge in [0.2, 0.25) is 0 Å². The number of rotatable bonds is 7. The average Bonchev–Trinajstić information content (AvgIpc) is 2.30. The van der Waals surface area contributed by atoms with Crippen LogP contribution >= 0.6 is 15.9 Å². The Morgan fingerprint density at radius 3 is 2.41 bits per heavy atom. The summed E-state index contributed by atoms with van der Waals surface area (Å²) in [5.41, 5.74) is 2.45. The summed E-state index contributed by atoms with van der Waals surface area (Å²) >= 11 is 3.56. The fourth-order valence-corrected chi connectivity index (χ4v) is 1.91. The molecular weight excluding hydrogens is 278 g/mol. The van der Waals surface area contributed by atoms with Crippen LogP contribution in [0, 0.1) is 13.8 Å². The quantitative estimate of drug-likeness (QED) is 0.773. The van der Waals surface area contributed by atoms with Crippen molar-refractivity contribution in [2.24, 2.45) is 0 Å². The zero-order chi connectivity index (χ0) is 12.7. The van der Waals surface area contributed by atoms with Crippen LogP contribution in [0.4, 0.5) is 0 Å². The lowest BCUT2D eigenvalue weighted by atomic mass is 10.1. The van der Waals surface area contributed by atoms with Gasteiger partial charge >= 0.3 is 0 Å². The van der Waals surface area contributed by atoms with Crippen molar-refractivity contribution in [1.82, 2.24) is 5.32 Å². The molecule has 0 aliphatic rings. The van der Waals surface area contributed by atoms with Gasteiger partial charge in [-0.05, 0) is 63.0 Å². The molecule has 0 unspecified atom stereocenters. The molecular formula is C14H22BrNO. The van der Waals surface area contributed by atoms with Gasteiger partial charge in [0, 0.05) is 4.47 Å². The van der Waals surface area contributed by atoms with Gasteiger partial charge < -0.3 is 10.1 Å². The van der Waals surface area contributed by atoms with E-state index in [9.17, 15) is 0 Å². The van der Waals surface area contributed by atoms with Crippen molar-refractivity contribution in [3.63, 3.8) is 0 Å². The van der Waals surface area contributed by atoms with Gasteiger partial charge in [0.05, 0.1) is 6.61 Å². The Morgan fingerprint density at radius 2 is 1.82 bits per heavy atom. The third kappa shape index (κ3) is 5.09. The summed E-state index contributed by atoms with van der Waals surface area (Å²) < 4.78 is 6.92. The van der Waals surface area contributed by atoms with Gasteiger partial charge in [-0.25, -0.2) is 0 Å². The molecule has 1 rings (SSSR count). The van der Waals surface area contributed by atoms with Crippen molar-refractivity contribution in [3.8, 4) is 5.75 Å². The standard InChI is InChI=1S/C14H22BrNO/c1-4-6-16-7-5-8-17-13-9-11(2)14(15)12(3)10-13/h9-10,16H,4-8H2,1-3H3. The molecule has 0 atom stereocenters. The average molecular weight is 300 g/mol. The number of ether oxygens (including phenoxy) is 1. The molecule has 0 heterocycles. The van der Waals surface area contributed by atoms with Crippen molar-refractivity contribution >= 4 is 15.9 Å². The van der Waals surface area contributed by atoms with Gasteiger partial charge in [-0.15, -0.1) is 0 Å². The number of halogens is 1. The lowest BCUT2D eigenvalue weighted by molar-refractivity contribution is 0.308. The highest BCUT2D eigenvalue weighted by atomic mass is 79.9. The van der Waals surface area contributed by atoms with Crippen molar-refractivity contribution < 1.29 is 4.74 Å². The molecule has 2 nitrogen and oxygen atoms in total. The number of hydrogen-bond acceptors (Lipinski definition) is 2. The molecule has 1 N–H and O–H groups in total. The van der Waals surface area contributed by atoms with Gasteiger partial charge in [-0.2, -0.15) is 0 Å². The van der Waals surface area contributed by atoms with Crippen molar-refractivity contribution in [2.45, 2.75) is 33.6 Å². The van der Waals surface area contributed by atoms with Crippen LogP contribution in [0.1, 0.15) is 30.9 Å². The van der Waals surface area contributed by atoms with E-state index in [1.165, 1.54) is 22.0 Å². The van der Waals surface area contributed by atoms with Crippen LogP contribution in [0.3, 0.4) is 0 Å². The molecule has 0 aliphatic carbocycles. The van der Waals surface area contributed by atoms with E-state index < -0.39 is 0 Å². The van der Waals surface area contributed by atoms with Crippen molar-refractivity contribution in [3.05, 3.63) is 27.7 Å². The number of hydrogen-bond donors (Lipinski definition) is 1. The maximum atomic E-state index is 5.74. The van der Waals surface area contributed by atoms with Gasteiger partial charge in [0.25, 0.3) is 0 Å². The minimum atomic E-state index is 0.775. The molecule has 3 heteroatoms. The summed E-state index contributed by atoms with van der Waals surface area (Å²) in [6, 6.07) is 4.16. The predicted molar refractivity (Wildman–Crippen MR) is 76.9 cm³/mol. The third-order valence-corrected chi connectivity index (χ3v) is 3.85. The van der Waals surface area contributed by atoms with E-state index in [0.29, 0.717) is 0 Å². The van der Waals surface area contributed by atoms with E-state index in [-0.39, 0.29) is 0 Å². The van der Waals surface area contributed by atoms with E-state index in [1.807, 2.05) is 0 Å². The van der Waals surface area contributed by atoms with Crippen LogP contribution in [-0.2, 0) is 0 Å². The van der Waals surface area contributed by atoms with E-state index in [4.69, 9.17) is 4.74 Å². The summed E-state index contributed by atoms with van der Waals surface area (Å²) in [5, 5.41) is 3.37. The van der Waals surface area contributed by atoms with Gasteiger partial charge in [0.15, 0.2) is 0 Å². The van der Waals surface area contributed by atoms with Gasteiger partial charge in [-0.3, -0.25) is 0 Å². The van der Waals surface area contributed by atoms with Crippen molar-refractivity contribution in [2.75, 3.05) is 19.7 Å². The van der Waals surface area contributed by atoms with E-state index >= 15 is 0 Å². The molecule has 0 bridgehead atoms. The topological polar surface area (TPSA) is 21.3 Å². The highest BCUT2D eigenvalue weighted by Crippen LogP contribution is 2.26. The zero-order valence-corrected chi connectivity index (χ0v) is 12.6. The first-order chi connectivity index (χ1) is 8.15. The smallest absolute Gasteiger partial charge is 0.119 e. The van der Waals surface area contributed by atoms with Crippen LogP contribution in [-0.4, -0.2) is 19.7 Å². The molecule has 1 aromatic carbocycles. The highest BCUT2D eigenvalue weighted by Gasteiger charge is 2.02. The van der Waals surface area contributed by atoms with Gasteiger partial charge in [0.1, 0.15) is 5.75 Å². The normalized spacial score (nSPS) is 10.6. The first kappa shape index (κ1) is 14.5. The molecule has 0 fully saturated rings. The molecule has 17 heavy (non-hydrogen) atoms. The second-order valence-corrected chi connectivity index (χ2v) is 5.12. The zero-order valence-electron chi connectivity index (χ0n) is 11.0. The number of nitrogens with one attached hydrogen (secondary N) is 1. The van der Waals surface area contributed by atoms with Crippen LogP contribution in [0.5, 0.6) is 5.75 Å². The lowest BCUT2D eigenvalue weighted by Gasteiger charge is -2.10. The molecule has 0 radical (unpaired) electrons. The minimum absolute atomic E-state index is 0.775. The summed E-state index contributed by atoms with van der Waals surface area (Å²) in [6.45, 7) is 9.26. The fourth-order valence-electron chi connectivity index (χ4n) is 1.68. The second kappa shape index (κ2) is 7.72. The van der Waals surface area contributed by atoms with Gasteiger partial charge in [-0.1, -0.05) is 22.9 Å². The SMILES string of the molecule is CCCNCCCOc1cc(C)c(Br)c(C)c1. The molecule has 0 aliphatic heterocycles. The molecule has 0 saturated carbocycles. The van der Waals surface area contributed by atoms with Crippen molar-refractivity contribution in [1.29, 1.82) is 0 Å². The van der Waals surface area contributed by atoms with Crippen LogP contribution in [0.2, 0.25) is 0 Å². The van der Waals surface area contributed by atoms with Crippen LogP contribution < -0.4 is 10.1 Å². The van der Waals surface area contributed by atoms with E-state index in [1.54, 1.807) is 0 Å². The Hall–Kier alpha value is -0.540. The second-order valence-electron chi connectivity index (χ2n) is 4.32. The van der Waals surface area contributed by atoms with Crippen LogP contribution in [0.15, 0.2) is 16.6 Å². The Balaban J connectivity index is 2.32. The number of aryl methyl sites for hydroxylation is 2. The first-order valence-electron chi connectivity index (χ1n) is 6.25. The minimum Gasteiger partial charge on any atom is -0.494 e. The first-order valence-corrected chi connectivity index (χ1v) is 7.04. The molecule has 0 saturated heterocycles. The highest BCUT2D eigenvalue weighted by molar-refractivity contribution is 9.10. The predicted octanol–water partition coefficient (Wildman–Crippen LogP) is 3.83. The Kier molecular flexibility index (Phi) is 6.60. The molecule has 0 spiro atoms. The maximum absolute atomic E-state index is 5.74. The maximum Gasteiger partial charge on any atom is 0.119 e. The summed E-state index contributed by atoms with van der Waals surface area (Å²) in [6.07, 6.45) is 2.24. The molecule has 1 aromatic rings. The molecule has 0 amide bonds. The fraction of sp³-hybridized carbons (Fsp3) is 0.571. The summed E-state index contributed by atoms with van der Waals surface area (Å²) in [5.74, 6) is 0.971. The monoisotopic (exact) mass is 299 g/mol. The third-order valence-electron chi connectivity index (χ3n) is 2.60. The van der Waals surface area contributed by atoms with Crippen LogP contribution in [0.25, 0.3) is 0 Å². The molecule has 0 aromatic heterocycles. The Bertz CT molecular complexity index is 329. The lowest BCUT2D eigenvalue weighted by Crippen LogP contribution is -2.18. The van der Waals surface area contributed by atoms with E-state index in [2.05, 4.69) is 54.2 Å². The molecule has 96 valence electrons.